The highest BCUT2D eigenvalue weighted by atomic mass is 32.2. The van der Waals surface area contributed by atoms with Crippen molar-refractivity contribution in [1.29, 1.82) is 0 Å². The minimum atomic E-state index is -4.52. The number of amides is 1. The van der Waals surface area contributed by atoms with Gasteiger partial charge in [-0.1, -0.05) is 0 Å². The first kappa shape index (κ1) is 19.0. The minimum absolute atomic E-state index is 0.0812. The zero-order valence-corrected chi connectivity index (χ0v) is 13.8. The summed E-state index contributed by atoms with van der Waals surface area (Å²) in [5.41, 5.74) is -0.0812. The second kappa shape index (κ2) is 7.28. The van der Waals surface area contributed by atoms with Gasteiger partial charge in [0.1, 0.15) is 12.3 Å². The van der Waals surface area contributed by atoms with Crippen molar-refractivity contribution >= 4 is 15.9 Å². The van der Waals surface area contributed by atoms with Crippen LogP contribution in [0.5, 0.6) is 0 Å². The molecule has 1 aromatic carbocycles. The largest absolute Gasteiger partial charge is 0.468 e. The van der Waals surface area contributed by atoms with Crippen molar-refractivity contribution in [2.45, 2.75) is 24.0 Å². The molecule has 0 spiro atoms. The highest BCUT2D eigenvalue weighted by molar-refractivity contribution is 7.89. The van der Waals surface area contributed by atoms with Crippen molar-refractivity contribution in [3.8, 4) is 0 Å². The van der Waals surface area contributed by atoms with Crippen molar-refractivity contribution in [3.63, 3.8) is 0 Å². The molecule has 0 radical (unpaired) electrons. The van der Waals surface area contributed by atoms with Gasteiger partial charge in [0.05, 0.1) is 17.2 Å². The van der Waals surface area contributed by atoms with E-state index in [0.717, 1.165) is 24.3 Å². The number of benzene rings is 1. The quantitative estimate of drug-likeness (QED) is 0.811. The number of sulfonamides is 1. The van der Waals surface area contributed by atoms with Crippen LogP contribution in [0.3, 0.4) is 0 Å². The second-order valence-corrected chi connectivity index (χ2v) is 6.89. The molecule has 0 aliphatic carbocycles. The van der Waals surface area contributed by atoms with E-state index < -0.39 is 34.7 Å². The topological polar surface area (TPSA) is 88.4 Å². The molecule has 2 aromatic rings. The number of hydrogen-bond donors (Lipinski definition) is 2. The molecular formula is C15H15F3N2O4S. The van der Waals surface area contributed by atoms with Crippen LogP contribution < -0.4 is 10.0 Å². The molecular weight excluding hydrogens is 361 g/mol. The van der Waals surface area contributed by atoms with Gasteiger partial charge in [0.25, 0.3) is 5.91 Å². The van der Waals surface area contributed by atoms with Gasteiger partial charge < -0.3 is 9.73 Å². The molecule has 1 aromatic heterocycles. The minimum Gasteiger partial charge on any atom is -0.468 e. The van der Waals surface area contributed by atoms with Crippen LogP contribution in [-0.4, -0.2) is 27.0 Å². The smallest absolute Gasteiger partial charge is 0.405 e. The molecule has 0 bridgehead atoms. The van der Waals surface area contributed by atoms with E-state index in [4.69, 9.17) is 4.42 Å². The van der Waals surface area contributed by atoms with E-state index in [-0.39, 0.29) is 10.5 Å². The Labute approximate surface area is 142 Å². The van der Waals surface area contributed by atoms with E-state index in [1.54, 1.807) is 24.4 Å². The average molecular weight is 376 g/mol. The van der Waals surface area contributed by atoms with E-state index in [1.165, 1.54) is 6.26 Å². The summed E-state index contributed by atoms with van der Waals surface area (Å²) in [6.45, 7) is 0.128. The van der Waals surface area contributed by atoms with Crippen molar-refractivity contribution in [3.05, 3.63) is 54.0 Å². The molecule has 1 heterocycles. The number of furan rings is 1. The number of carbonyl (C=O) groups is 1. The first-order valence-electron chi connectivity index (χ1n) is 7.09. The number of rotatable bonds is 6. The van der Waals surface area contributed by atoms with Gasteiger partial charge in [0, 0.05) is 5.56 Å². The predicted molar refractivity (Wildman–Crippen MR) is 82.3 cm³/mol. The van der Waals surface area contributed by atoms with Gasteiger partial charge in [-0.3, -0.25) is 4.79 Å². The van der Waals surface area contributed by atoms with E-state index in [0.29, 0.717) is 5.76 Å². The molecule has 0 unspecified atom stereocenters. The monoisotopic (exact) mass is 376 g/mol. The van der Waals surface area contributed by atoms with Gasteiger partial charge in [0.2, 0.25) is 10.0 Å². The van der Waals surface area contributed by atoms with Crippen LogP contribution in [-0.2, 0) is 10.0 Å². The van der Waals surface area contributed by atoms with Crippen LogP contribution >= 0.6 is 0 Å². The van der Waals surface area contributed by atoms with Gasteiger partial charge in [-0.25, -0.2) is 13.1 Å². The van der Waals surface area contributed by atoms with Crippen LogP contribution in [0.2, 0.25) is 0 Å². The maximum atomic E-state index is 12.3. The first-order valence-corrected chi connectivity index (χ1v) is 8.57. The summed E-state index contributed by atoms with van der Waals surface area (Å²) in [5.74, 6) is -0.523. The standard InChI is InChI=1S/C15H15F3N2O4S/c1-10(13-3-2-8-24-13)20-25(22,23)12-6-4-11(5-7-12)14(21)19-9-15(16,17)18/h2-8,10,20H,9H2,1H3,(H,19,21)/t10-/m1/s1. The normalized spacial score (nSPS) is 13.4. The number of alkyl halides is 3. The van der Waals surface area contributed by atoms with Crippen LogP contribution in [0, 0.1) is 0 Å². The molecule has 25 heavy (non-hydrogen) atoms. The Hall–Kier alpha value is -2.33. The zero-order valence-electron chi connectivity index (χ0n) is 13.0. The Morgan fingerprint density at radius 3 is 2.36 bits per heavy atom. The van der Waals surface area contributed by atoms with Gasteiger partial charge in [-0.15, -0.1) is 0 Å². The maximum absolute atomic E-state index is 12.3. The van der Waals surface area contributed by atoms with E-state index in [9.17, 15) is 26.4 Å². The third kappa shape index (κ3) is 5.33. The number of halogens is 3. The SMILES string of the molecule is C[C@@H](NS(=O)(=O)c1ccc(C(=O)NCC(F)(F)F)cc1)c1ccco1. The van der Waals surface area contributed by atoms with Gasteiger partial charge in [-0.2, -0.15) is 13.2 Å². The molecule has 0 aliphatic rings. The van der Waals surface area contributed by atoms with Crippen molar-refractivity contribution in [2.75, 3.05) is 6.54 Å². The van der Waals surface area contributed by atoms with Crippen LogP contribution in [0.4, 0.5) is 13.2 Å². The molecule has 6 nitrogen and oxygen atoms in total. The molecule has 0 saturated carbocycles. The zero-order chi connectivity index (χ0) is 18.7. The number of carbonyl (C=O) groups excluding carboxylic acids is 1. The Morgan fingerprint density at radius 2 is 1.84 bits per heavy atom. The van der Waals surface area contributed by atoms with Gasteiger partial charge >= 0.3 is 6.18 Å². The summed E-state index contributed by atoms with van der Waals surface area (Å²) in [7, 11) is -3.89. The second-order valence-electron chi connectivity index (χ2n) is 5.18. The fourth-order valence-corrected chi connectivity index (χ4v) is 3.18. The van der Waals surface area contributed by atoms with Crippen molar-refractivity contribution < 1.29 is 30.8 Å². The summed E-state index contributed by atoms with van der Waals surface area (Å²) in [6.07, 6.45) is -3.11. The third-order valence-corrected chi connectivity index (χ3v) is 4.73. The molecule has 1 atom stereocenters. The Kier molecular flexibility index (Phi) is 5.53. The molecule has 10 heteroatoms. The maximum Gasteiger partial charge on any atom is 0.405 e. The van der Waals surface area contributed by atoms with E-state index in [2.05, 4.69) is 4.72 Å². The Morgan fingerprint density at radius 1 is 1.20 bits per heavy atom. The number of hydrogen-bond acceptors (Lipinski definition) is 4. The Balaban J connectivity index is 2.06. The highest BCUT2D eigenvalue weighted by Gasteiger charge is 2.28. The van der Waals surface area contributed by atoms with Crippen LogP contribution in [0.25, 0.3) is 0 Å². The molecule has 0 saturated heterocycles. The predicted octanol–water partition coefficient (Wildman–Crippen LogP) is 2.61. The summed E-state index contributed by atoms with van der Waals surface area (Å²) < 4.78 is 68.3. The molecule has 1 amide bonds. The molecule has 136 valence electrons. The lowest BCUT2D eigenvalue weighted by Gasteiger charge is -2.12. The molecule has 2 rings (SSSR count). The van der Waals surface area contributed by atoms with Gasteiger partial charge in [-0.05, 0) is 43.3 Å². The van der Waals surface area contributed by atoms with Gasteiger partial charge in [0.15, 0.2) is 0 Å². The van der Waals surface area contributed by atoms with Crippen molar-refractivity contribution in [2.24, 2.45) is 0 Å². The lowest BCUT2D eigenvalue weighted by atomic mass is 10.2. The fourth-order valence-electron chi connectivity index (χ4n) is 1.96. The summed E-state index contributed by atoms with van der Waals surface area (Å²) in [6, 6.07) is 7.17. The van der Waals surface area contributed by atoms with Crippen LogP contribution in [0.1, 0.15) is 29.1 Å². The third-order valence-electron chi connectivity index (χ3n) is 3.18. The summed E-state index contributed by atoms with van der Waals surface area (Å²) in [5, 5.41) is 1.71. The van der Waals surface area contributed by atoms with E-state index in [1.807, 2.05) is 0 Å². The lowest BCUT2D eigenvalue weighted by molar-refractivity contribution is -0.123. The first-order chi connectivity index (χ1) is 11.6. The fraction of sp³-hybridized carbons (Fsp3) is 0.267. The van der Waals surface area contributed by atoms with Crippen LogP contribution in [0.15, 0.2) is 52.0 Å². The summed E-state index contributed by atoms with van der Waals surface area (Å²) >= 11 is 0. The number of nitrogens with one attached hydrogen (secondary N) is 2. The molecule has 2 N–H and O–H groups in total. The lowest BCUT2D eigenvalue weighted by Crippen LogP contribution is -2.33. The van der Waals surface area contributed by atoms with E-state index >= 15 is 0 Å². The molecule has 0 aliphatic heterocycles. The average Bonchev–Trinajstić information content (AvgIpc) is 3.06. The summed E-state index contributed by atoms with van der Waals surface area (Å²) in [4.78, 5) is 11.5. The molecule has 0 fully saturated rings. The van der Waals surface area contributed by atoms with Crippen molar-refractivity contribution in [1.82, 2.24) is 10.0 Å². The Bertz CT molecular complexity index is 815. The highest BCUT2D eigenvalue weighted by Crippen LogP contribution is 2.18.